The first-order valence-electron chi connectivity index (χ1n) is 4.64. The maximum absolute atomic E-state index is 9.90. The Hall–Kier alpha value is -1.08. The van der Waals surface area contributed by atoms with Gasteiger partial charge in [-0.1, -0.05) is 37.8 Å². The van der Waals surface area contributed by atoms with E-state index in [2.05, 4.69) is 19.6 Å². The fraction of sp³-hybridized carbons (Fsp3) is 0.333. The molecular weight excluding hydrogens is 160 g/mol. The second kappa shape index (κ2) is 3.00. The minimum Gasteiger partial charge on any atom is -0.384 e. The molecule has 1 aliphatic carbocycles. The van der Waals surface area contributed by atoms with Gasteiger partial charge in [-0.15, -0.1) is 0 Å². The lowest BCUT2D eigenvalue weighted by molar-refractivity contribution is 0.194. The van der Waals surface area contributed by atoms with Gasteiger partial charge in [0.1, 0.15) is 6.10 Å². The van der Waals surface area contributed by atoms with Crippen LogP contribution in [0.3, 0.4) is 0 Å². The Morgan fingerprint density at radius 3 is 2.85 bits per heavy atom. The molecule has 13 heavy (non-hydrogen) atoms. The maximum atomic E-state index is 9.90. The van der Waals surface area contributed by atoms with E-state index in [0.717, 1.165) is 17.6 Å². The van der Waals surface area contributed by atoms with Crippen molar-refractivity contribution in [2.75, 3.05) is 0 Å². The first-order valence-corrected chi connectivity index (χ1v) is 4.64. The van der Waals surface area contributed by atoms with E-state index in [9.17, 15) is 5.11 Å². The fourth-order valence-electron chi connectivity index (χ4n) is 1.92. The predicted octanol–water partition coefficient (Wildman–Crippen LogP) is 2.47. The van der Waals surface area contributed by atoms with Crippen LogP contribution in [-0.2, 0) is 6.42 Å². The zero-order chi connectivity index (χ0) is 9.42. The molecule has 0 aromatic heterocycles. The van der Waals surface area contributed by atoms with E-state index in [1.54, 1.807) is 0 Å². The van der Waals surface area contributed by atoms with Crippen LogP contribution in [0.25, 0.3) is 0 Å². The van der Waals surface area contributed by atoms with Gasteiger partial charge in [0, 0.05) is 0 Å². The van der Waals surface area contributed by atoms with E-state index >= 15 is 0 Å². The predicted molar refractivity (Wildman–Crippen MR) is 53.4 cm³/mol. The second-order valence-corrected chi connectivity index (χ2v) is 3.78. The molecule has 2 atom stereocenters. The van der Waals surface area contributed by atoms with E-state index in [0.29, 0.717) is 5.92 Å². The largest absolute Gasteiger partial charge is 0.384 e. The monoisotopic (exact) mass is 174 g/mol. The molecule has 1 heteroatoms. The van der Waals surface area contributed by atoms with Crippen molar-refractivity contribution in [1.29, 1.82) is 0 Å². The molecule has 0 saturated carbocycles. The number of aliphatic hydroxyl groups excluding tert-OH is 1. The van der Waals surface area contributed by atoms with Crippen molar-refractivity contribution < 1.29 is 5.11 Å². The Kier molecular flexibility index (Phi) is 1.97. The standard InChI is InChI=1S/C12H14O/c1-8-7-10-5-3-4-6-11(10)12(13)9(8)2/h3-6,8,12-13H,2,7H2,1H3. The third-order valence-electron chi connectivity index (χ3n) is 2.86. The lowest BCUT2D eigenvalue weighted by Crippen LogP contribution is -2.18. The lowest BCUT2D eigenvalue weighted by Gasteiger charge is -2.28. The van der Waals surface area contributed by atoms with Crippen LogP contribution in [-0.4, -0.2) is 5.11 Å². The SMILES string of the molecule is C=C1C(C)Cc2ccccc2C1O. The van der Waals surface area contributed by atoms with E-state index in [-0.39, 0.29) is 0 Å². The summed E-state index contributed by atoms with van der Waals surface area (Å²) in [5.41, 5.74) is 3.24. The number of aliphatic hydroxyl groups is 1. The molecule has 0 spiro atoms. The highest BCUT2D eigenvalue weighted by Gasteiger charge is 2.25. The van der Waals surface area contributed by atoms with Crippen LogP contribution in [0.1, 0.15) is 24.2 Å². The summed E-state index contributed by atoms with van der Waals surface area (Å²) in [7, 11) is 0. The molecule has 1 nitrogen and oxygen atoms in total. The summed E-state index contributed by atoms with van der Waals surface area (Å²) >= 11 is 0. The van der Waals surface area contributed by atoms with Crippen LogP contribution in [0.15, 0.2) is 36.4 Å². The molecule has 0 fully saturated rings. The van der Waals surface area contributed by atoms with Crippen molar-refractivity contribution in [2.45, 2.75) is 19.4 Å². The zero-order valence-corrected chi connectivity index (χ0v) is 7.83. The third kappa shape index (κ3) is 1.29. The lowest BCUT2D eigenvalue weighted by atomic mass is 9.80. The summed E-state index contributed by atoms with van der Waals surface area (Å²) in [5, 5.41) is 9.90. The molecule has 1 aromatic rings. The molecular formula is C12H14O. The van der Waals surface area contributed by atoms with Gasteiger partial charge in [0.2, 0.25) is 0 Å². The van der Waals surface area contributed by atoms with Gasteiger partial charge >= 0.3 is 0 Å². The molecule has 0 amide bonds. The molecule has 0 saturated heterocycles. The highest BCUT2D eigenvalue weighted by atomic mass is 16.3. The van der Waals surface area contributed by atoms with Gasteiger partial charge in [0.25, 0.3) is 0 Å². The maximum Gasteiger partial charge on any atom is 0.100 e. The molecule has 0 radical (unpaired) electrons. The summed E-state index contributed by atoms with van der Waals surface area (Å²) in [6, 6.07) is 8.05. The number of fused-ring (bicyclic) bond motifs is 1. The Bertz CT molecular complexity index is 341. The summed E-state index contributed by atoms with van der Waals surface area (Å²) in [4.78, 5) is 0. The van der Waals surface area contributed by atoms with Crippen molar-refractivity contribution in [3.05, 3.63) is 47.5 Å². The van der Waals surface area contributed by atoms with Gasteiger partial charge in [-0.25, -0.2) is 0 Å². The molecule has 68 valence electrons. The van der Waals surface area contributed by atoms with Gasteiger partial charge < -0.3 is 5.11 Å². The Labute approximate surface area is 78.7 Å². The van der Waals surface area contributed by atoms with Crippen molar-refractivity contribution in [3.63, 3.8) is 0 Å². The van der Waals surface area contributed by atoms with Crippen LogP contribution in [0.2, 0.25) is 0 Å². The van der Waals surface area contributed by atoms with Crippen LogP contribution < -0.4 is 0 Å². The molecule has 0 heterocycles. The normalized spacial score (nSPS) is 27.1. The van der Waals surface area contributed by atoms with Crippen molar-refractivity contribution in [3.8, 4) is 0 Å². The molecule has 2 rings (SSSR count). The Morgan fingerprint density at radius 1 is 1.38 bits per heavy atom. The minimum atomic E-state index is -0.458. The molecule has 0 aliphatic heterocycles. The van der Waals surface area contributed by atoms with Gasteiger partial charge in [0.15, 0.2) is 0 Å². The smallest absolute Gasteiger partial charge is 0.100 e. The summed E-state index contributed by atoms with van der Waals surface area (Å²) in [6.07, 6.45) is 0.548. The second-order valence-electron chi connectivity index (χ2n) is 3.78. The topological polar surface area (TPSA) is 20.2 Å². The average molecular weight is 174 g/mol. The van der Waals surface area contributed by atoms with Crippen molar-refractivity contribution >= 4 is 0 Å². The van der Waals surface area contributed by atoms with Crippen LogP contribution in [0.5, 0.6) is 0 Å². The quantitative estimate of drug-likeness (QED) is 0.599. The molecule has 2 unspecified atom stereocenters. The molecule has 1 aliphatic rings. The van der Waals surface area contributed by atoms with E-state index in [1.807, 2.05) is 18.2 Å². The molecule has 0 bridgehead atoms. The molecule has 1 aromatic carbocycles. The fourth-order valence-corrected chi connectivity index (χ4v) is 1.92. The van der Waals surface area contributed by atoms with Gasteiger partial charge in [-0.3, -0.25) is 0 Å². The number of benzene rings is 1. The Balaban J connectivity index is 2.49. The number of hydrogen-bond acceptors (Lipinski definition) is 1. The number of hydrogen-bond donors (Lipinski definition) is 1. The highest BCUT2D eigenvalue weighted by molar-refractivity contribution is 5.38. The first-order chi connectivity index (χ1) is 6.20. The minimum absolute atomic E-state index is 0.393. The number of rotatable bonds is 0. The van der Waals surface area contributed by atoms with Crippen molar-refractivity contribution in [2.24, 2.45) is 5.92 Å². The van der Waals surface area contributed by atoms with Gasteiger partial charge in [-0.2, -0.15) is 0 Å². The van der Waals surface area contributed by atoms with Gasteiger partial charge in [-0.05, 0) is 29.0 Å². The average Bonchev–Trinajstić information content (AvgIpc) is 2.15. The van der Waals surface area contributed by atoms with E-state index in [1.165, 1.54) is 5.56 Å². The Morgan fingerprint density at radius 2 is 2.08 bits per heavy atom. The summed E-state index contributed by atoms with van der Waals surface area (Å²) in [6.45, 7) is 6.04. The van der Waals surface area contributed by atoms with E-state index < -0.39 is 6.10 Å². The van der Waals surface area contributed by atoms with E-state index in [4.69, 9.17) is 0 Å². The van der Waals surface area contributed by atoms with Crippen LogP contribution in [0.4, 0.5) is 0 Å². The van der Waals surface area contributed by atoms with Crippen molar-refractivity contribution in [1.82, 2.24) is 0 Å². The van der Waals surface area contributed by atoms with Gasteiger partial charge in [0.05, 0.1) is 0 Å². The van der Waals surface area contributed by atoms with Crippen LogP contribution >= 0.6 is 0 Å². The zero-order valence-electron chi connectivity index (χ0n) is 7.83. The third-order valence-corrected chi connectivity index (χ3v) is 2.86. The summed E-state index contributed by atoms with van der Waals surface area (Å²) < 4.78 is 0. The molecule has 1 N–H and O–H groups in total. The summed E-state index contributed by atoms with van der Waals surface area (Å²) in [5.74, 6) is 0.393. The van der Waals surface area contributed by atoms with Crippen LogP contribution in [0, 0.1) is 5.92 Å². The first kappa shape index (κ1) is 8.52. The highest BCUT2D eigenvalue weighted by Crippen LogP contribution is 2.35.